The number of ether oxygens (including phenoxy) is 1. The van der Waals surface area contributed by atoms with Crippen molar-refractivity contribution in [2.75, 3.05) is 19.5 Å². The van der Waals surface area contributed by atoms with Gasteiger partial charge in [-0.1, -0.05) is 0 Å². The highest BCUT2D eigenvalue weighted by atomic mass is 16.5. The van der Waals surface area contributed by atoms with E-state index in [9.17, 15) is 9.90 Å². The average Bonchev–Trinajstić information content (AvgIpc) is 2.54. The van der Waals surface area contributed by atoms with E-state index < -0.39 is 0 Å². The SMILES string of the molecule is CNC(=O)c1ccc(NCc2cc(OC)ccc2O)cc1. The van der Waals surface area contributed by atoms with Crippen molar-refractivity contribution >= 4 is 11.6 Å². The molecule has 5 nitrogen and oxygen atoms in total. The summed E-state index contributed by atoms with van der Waals surface area (Å²) < 4.78 is 5.13. The molecule has 0 radical (unpaired) electrons. The third kappa shape index (κ3) is 3.66. The number of phenolic OH excluding ortho intramolecular Hbond substituents is 1. The smallest absolute Gasteiger partial charge is 0.251 e. The van der Waals surface area contributed by atoms with Gasteiger partial charge >= 0.3 is 0 Å². The molecule has 3 N–H and O–H groups in total. The van der Waals surface area contributed by atoms with Crippen molar-refractivity contribution in [3.8, 4) is 11.5 Å². The lowest BCUT2D eigenvalue weighted by molar-refractivity contribution is 0.0963. The molecule has 2 aromatic carbocycles. The number of hydrogen-bond acceptors (Lipinski definition) is 4. The van der Waals surface area contributed by atoms with E-state index in [0.29, 0.717) is 17.9 Å². The van der Waals surface area contributed by atoms with Gasteiger partial charge in [0.05, 0.1) is 7.11 Å². The predicted octanol–water partition coefficient (Wildman–Crippen LogP) is 2.37. The molecule has 0 atom stereocenters. The van der Waals surface area contributed by atoms with E-state index in [1.54, 1.807) is 44.5 Å². The van der Waals surface area contributed by atoms with Crippen LogP contribution in [0.3, 0.4) is 0 Å². The molecule has 0 fully saturated rings. The van der Waals surface area contributed by atoms with E-state index in [0.717, 1.165) is 11.3 Å². The topological polar surface area (TPSA) is 70.6 Å². The highest BCUT2D eigenvalue weighted by molar-refractivity contribution is 5.94. The zero-order valence-electron chi connectivity index (χ0n) is 12.0. The fourth-order valence-electron chi connectivity index (χ4n) is 1.91. The lowest BCUT2D eigenvalue weighted by Gasteiger charge is -2.10. The maximum absolute atomic E-state index is 11.4. The van der Waals surface area contributed by atoms with Crippen LogP contribution in [0.15, 0.2) is 42.5 Å². The minimum absolute atomic E-state index is 0.119. The number of rotatable bonds is 5. The maximum atomic E-state index is 11.4. The molecule has 0 aliphatic carbocycles. The Balaban J connectivity index is 2.04. The first kappa shape index (κ1) is 14.7. The lowest BCUT2D eigenvalue weighted by atomic mass is 10.1. The third-order valence-corrected chi connectivity index (χ3v) is 3.14. The standard InChI is InChI=1S/C16H18N2O3/c1-17-16(20)11-3-5-13(6-4-11)18-10-12-9-14(21-2)7-8-15(12)19/h3-9,18-19H,10H2,1-2H3,(H,17,20). The Kier molecular flexibility index (Phi) is 4.66. The Morgan fingerprint density at radius 1 is 1.19 bits per heavy atom. The number of phenols is 1. The van der Waals surface area contributed by atoms with Crippen molar-refractivity contribution in [1.82, 2.24) is 5.32 Å². The zero-order valence-corrected chi connectivity index (χ0v) is 12.0. The summed E-state index contributed by atoms with van der Waals surface area (Å²) in [6.07, 6.45) is 0. The molecule has 1 amide bonds. The van der Waals surface area contributed by atoms with Crippen LogP contribution in [0, 0.1) is 0 Å². The van der Waals surface area contributed by atoms with Crippen molar-refractivity contribution in [1.29, 1.82) is 0 Å². The van der Waals surface area contributed by atoms with Gasteiger partial charge in [0.25, 0.3) is 5.91 Å². The lowest BCUT2D eigenvalue weighted by Crippen LogP contribution is -2.17. The van der Waals surface area contributed by atoms with Gasteiger partial charge in [-0.05, 0) is 42.5 Å². The first-order chi connectivity index (χ1) is 10.1. The highest BCUT2D eigenvalue weighted by Crippen LogP contribution is 2.23. The van der Waals surface area contributed by atoms with Gasteiger partial charge in [-0.15, -0.1) is 0 Å². The summed E-state index contributed by atoms with van der Waals surface area (Å²) in [6.45, 7) is 0.461. The first-order valence-corrected chi connectivity index (χ1v) is 6.56. The van der Waals surface area contributed by atoms with Crippen molar-refractivity contribution in [2.45, 2.75) is 6.54 Å². The van der Waals surface area contributed by atoms with Crippen molar-refractivity contribution in [3.63, 3.8) is 0 Å². The van der Waals surface area contributed by atoms with Crippen LogP contribution in [-0.4, -0.2) is 25.2 Å². The fraction of sp³-hybridized carbons (Fsp3) is 0.188. The number of anilines is 1. The summed E-state index contributed by atoms with van der Waals surface area (Å²) in [4.78, 5) is 11.4. The van der Waals surface area contributed by atoms with Gasteiger partial charge < -0.3 is 20.5 Å². The second kappa shape index (κ2) is 6.65. The molecule has 0 heterocycles. The number of nitrogens with one attached hydrogen (secondary N) is 2. The zero-order chi connectivity index (χ0) is 15.2. The number of carbonyl (C=O) groups is 1. The van der Waals surface area contributed by atoms with E-state index in [1.807, 2.05) is 12.1 Å². The predicted molar refractivity (Wildman–Crippen MR) is 81.8 cm³/mol. The monoisotopic (exact) mass is 286 g/mol. The number of amides is 1. The van der Waals surface area contributed by atoms with Crippen molar-refractivity contribution in [2.24, 2.45) is 0 Å². The van der Waals surface area contributed by atoms with Gasteiger partial charge in [-0.3, -0.25) is 4.79 Å². The van der Waals surface area contributed by atoms with Crippen molar-refractivity contribution < 1.29 is 14.6 Å². The summed E-state index contributed by atoms with van der Waals surface area (Å²) in [7, 11) is 3.18. The van der Waals surface area contributed by atoms with Gasteiger partial charge in [0.15, 0.2) is 0 Å². The number of carbonyl (C=O) groups excluding carboxylic acids is 1. The van der Waals surface area contributed by atoms with Gasteiger partial charge in [-0.2, -0.15) is 0 Å². The Morgan fingerprint density at radius 3 is 2.52 bits per heavy atom. The molecule has 2 rings (SSSR count). The van der Waals surface area contributed by atoms with E-state index in [-0.39, 0.29) is 11.7 Å². The Bertz CT molecular complexity index is 624. The summed E-state index contributed by atoms with van der Waals surface area (Å²) in [6, 6.07) is 12.2. The van der Waals surface area contributed by atoms with Crippen LogP contribution in [0.5, 0.6) is 11.5 Å². The molecule has 5 heteroatoms. The molecule has 0 aliphatic rings. The van der Waals surface area contributed by atoms with E-state index in [2.05, 4.69) is 10.6 Å². The van der Waals surface area contributed by atoms with Gasteiger partial charge in [0.1, 0.15) is 11.5 Å². The fourth-order valence-corrected chi connectivity index (χ4v) is 1.91. The largest absolute Gasteiger partial charge is 0.508 e. The Labute approximate surface area is 123 Å². The van der Waals surface area contributed by atoms with E-state index in [1.165, 1.54) is 0 Å². The minimum Gasteiger partial charge on any atom is -0.508 e. The molecule has 0 spiro atoms. The minimum atomic E-state index is -0.119. The van der Waals surface area contributed by atoms with E-state index >= 15 is 0 Å². The van der Waals surface area contributed by atoms with Crippen LogP contribution in [-0.2, 0) is 6.54 Å². The Morgan fingerprint density at radius 2 is 1.90 bits per heavy atom. The molecule has 0 aromatic heterocycles. The number of aromatic hydroxyl groups is 1. The van der Waals surface area contributed by atoms with Crippen LogP contribution in [0.4, 0.5) is 5.69 Å². The maximum Gasteiger partial charge on any atom is 0.251 e. The average molecular weight is 286 g/mol. The van der Waals surface area contributed by atoms with Crippen LogP contribution in [0.2, 0.25) is 0 Å². The second-order valence-electron chi connectivity index (χ2n) is 4.50. The molecule has 21 heavy (non-hydrogen) atoms. The molecule has 110 valence electrons. The molecule has 0 saturated carbocycles. The number of benzene rings is 2. The highest BCUT2D eigenvalue weighted by Gasteiger charge is 2.05. The normalized spacial score (nSPS) is 10.0. The van der Waals surface area contributed by atoms with E-state index in [4.69, 9.17) is 4.74 Å². The van der Waals surface area contributed by atoms with Crippen LogP contribution in [0.1, 0.15) is 15.9 Å². The molecule has 0 unspecified atom stereocenters. The summed E-state index contributed by atoms with van der Waals surface area (Å²) in [5, 5.41) is 15.6. The summed E-state index contributed by atoms with van der Waals surface area (Å²) in [5.41, 5.74) is 2.21. The quantitative estimate of drug-likeness (QED) is 0.789. The van der Waals surface area contributed by atoms with Crippen LogP contribution < -0.4 is 15.4 Å². The van der Waals surface area contributed by atoms with Crippen LogP contribution in [0.25, 0.3) is 0 Å². The van der Waals surface area contributed by atoms with Crippen molar-refractivity contribution in [3.05, 3.63) is 53.6 Å². The number of hydrogen-bond donors (Lipinski definition) is 3. The second-order valence-corrected chi connectivity index (χ2v) is 4.50. The molecular weight excluding hydrogens is 268 g/mol. The van der Waals surface area contributed by atoms with Gasteiger partial charge in [0.2, 0.25) is 0 Å². The molecule has 0 saturated heterocycles. The molecular formula is C16H18N2O3. The summed E-state index contributed by atoms with van der Waals surface area (Å²) in [5.74, 6) is 0.789. The van der Waals surface area contributed by atoms with Gasteiger partial charge in [-0.25, -0.2) is 0 Å². The van der Waals surface area contributed by atoms with Crippen LogP contribution >= 0.6 is 0 Å². The molecule has 0 bridgehead atoms. The summed E-state index contributed by atoms with van der Waals surface area (Å²) >= 11 is 0. The third-order valence-electron chi connectivity index (χ3n) is 3.14. The first-order valence-electron chi connectivity index (χ1n) is 6.56. The Hall–Kier alpha value is -2.69. The number of methoxy groups -OCH3 is 1. The molecule has 0 aliphatic heterocycles. The molecule has 2 aromatic rings. The van der Waals surface area contributed by atoms with Gasteiger partial charge in [0, 0.05) is 30.4 Å².